The van der Waals surface area contributed by atoms with E-state index >= 15 is 0 Å². The first-order valence-electron chi connectivity index (χ1n) is 10.2. The number of fused-ring (bicyclic) bond motifs is 1. The lowest BCUT2D eigenvalue weighted by Gasteiger charge is -2.54. The number of aliphatic hydroxyl groups excluding tert-OH is 1. The number of carbonyl (C=O) groups excluding carboxylic acids is 1. The molecule has 3 aliphatic rings. The van der Waals surface area contributed by atoms with Gasteiger partial charge in [-0.3, -0.25) is 4.79 Å². The summed E-state index contributed by atoms with van der Waals surface area (Å²) in [6.45, 7) is 3.80. The fourth-order valence-electron chi connectivity index (χ4n) is 5.28. The highest BCUT2D eigenvalue weighted by atomic mass is 16.3. The van der Waals surface area contributed by atoms with Gasteiger partial charge in [0.2, 0.25) is 5.91 Å². The average molecular weight is 341 g/mol. The second-order valence-electron chi connectivity index (χ2n) is 8.64. The third-order valence-electron chi connectivity index (χ3n) is 7.07. The molecule has 2 fully saturated rings. The highest BCUT2D eigenvalue weighted by molar-refractivity contribution is 5.80. The molecule has 1 atom stereocenters. The molecule has 1 heterocycles. The normalized spacial score (nSPS) is 23.4. The molecule has 0 bridgehead atoms. The Bertz CT molecular complexity index is 633. The van der Waals surface area contributed by atoms with Crippen molar-refractivity contribution >= 4 is 5.91 Å². The summed E-state index contributed by atoms with van der Waals surface area (Å²) in [5.41, 5.74) is 5.08. The Morgan fingerprint density at radius 2 is 1.96 bits per heavy atom. The molecule has 1 saturated heterocycles. The van der Waals surface area contributed by atoms with Crippen LogP contribution in [0.15, 0.2) is 18.2 Å². The number of hydrogen-bond acceptors (Lipinski definition) is 2. The third kappa shape index (κ3) is 3.12. The van der Waals surface area contributed by atoms with E-state index in [1.54, 1.807) is 16.7 Å². The predicted octanol–water partition coefficient (Wildman–Crippen LogP) is 3.68. The van der Waals surface area contributed by atoms with E-state index in [0.29, 0.717) is 11.3 Å². The van der Waals surface area contributed by atoms with Crippen molar-refractivity contribution in [2.24, 2.45) is 11.3 Å². The number of nitrogens with zero attached hydrogens (tertiary/aromatic N) is 1. The zero-order chi connectivity index (χ0) is 17.4. The van der Waals surface area contributed by atoms with Crippen molar-refractivity contribution in [3.63, 3.8) is 0 Å². The van der Waals surface area contributed by atoms with Crippen molar-refractivity contribution in [1.82, 2.24) is 4.90 Å². The molecule has 3 heteroatoms. The number of carbonyl (C=O) groups is 1. The topological polar surface area (TPSA) is 40.5 Å². The molecule has 1 aromatic carbocycles. The first kappa shape index (κ1) is 17.1. The number of likely N-dealkylation sites (tertiary alicyclic amines) is 1. The Balaban J connectivity index is 1.33. The van der Waals surface area contributed by atoms with Crippen molar-refractivity contribution in [2.45, 2.75) is 64.2 Å². The second kappa shape index (κ2) is 6.75. The van der Waals surface area contributed by atoms with E-state index in [1.165, 1.54) is 44.9 Å². The molecule has 3 nitrogen and oxygen atoms in total. The summed E-state index contributed by atoms with van der Waals surface area (Å²) in [4.78, 5) is 14.4. The van der Waals surface area contributed by atoms with Crippen LogP contribution in [0.5, 0.6) is 0 Å². The van der Waals surface area contributed by atoms with E-state index in [2.05, 4.69) is 18.2 Å². The molecule has 1 aromatic rings. The van der Waals surface area contributed by atoms with E-state index in [4.69, 9.17) is 0 Å². The van der Waals surface area contributed by atoms with Gasteiger partial charge < -0.3 is 10.0 Å². The molecular weight excluding hydrogens is 310 g/mol. The van der Waals surface area contributed by atoms with Crippen LogP contribution in [0.2, 0.25) is 0 Å². The smallest absolute Gasteiger partial charge is 0.228 e. The fourth-order valence-corrected chi connectivity index (χ4v) is 5.28. The van der Waals surface area contributed by atoms with Gasteiger partial charge in [0.15, 0.2) is 0 Å². The van der Waals surface area contributed by atoms with Crippen LogP contribution in [0.3, 0.4) is 0 Å². The van der Waals surface area contributed by atoms with Gasteiger partial charge in [0.1, 0.15) is 0 Å². The molecule has 0 unspecified atom stereocenters. The monoisotopic (exact) mass is 341 g/mol. The van der Waals surface area contributed by atoms with Crippen LogP contribution in [0.1, 0.15) is 68.1 Å². The van der Waals surface area contributed by atoms with E-state index in [1.807, 2.05) is 11.8 Å². The summed E-state index contributed by atoms with van der Waals surface area (Å²) >= 11 is 0. The van der Waals surface area contributed by atoms with E-state index in [9.17, 15) is 9.90 Å². The zero-order valence-corrected chi connectivity index (χ0v) is 15.5. The first-order chi connectivity index (χ1) is 12.1. The summed E-state index contributed by atoms with van der Waals surface area (Å²) in [6, 6.07) is 7.22. The minimum atomic E-state index is -0.194. The predicted molar refractivity (Wildman–Crippen MR) is 99.6 cm³/mol. The van der Waals surface area contributed by atoms with Crippen LogP contribution in [-0.4, -0.2) is 35.6 Å². The van der Waals surface area contributed by atoms with E-state index in [-0.39, 0.29) is 18.4 Å². The van der Waals surface area contributed by atoms with Gasteiger partial charge in [-0.05, 0) is 74.0 Å². The van der Waals surface area contributed by atoms with Gasteiger partial charge in [-0.1, -0.05) is 25.1 Å². The number of rotatable bonds is 4. The largest absolute Gasteiger partial charge is 0.396 e. The van der Waals surface area contributed by atoms with Gasteiger partial charge in [0.25, 0.3) is 0 Å². The molecule has 4 rings (SSSR count). The lowest BCUT2D eigenvalue weighted by Crippen LogP contribution is -2.60. The molecular formula is C22H31NO2. The zero-order valence-electron chi connectivity index (χ0n) is 15.5. The second-order valence-corrected chi connectivity index (χ2v) is 8.64. The first-order valence-corrected chi connectivity index (χ1v) is 10.2. The Hall–Kier alpha value is -1.35. The summed E-state index contributed by atoms with van der Waals surface area (Å²) in [5.74, 6) is 0.679. The van der Waals surface area contributed by atoms with Crippen LogP contribution in [0, 0.1) is 11.3 Å². The number of benzene rings is 1. The maximum atomic E-state index is 12.4. The molecule has 25 heavy (non-hydrogen) atoms. The maximum absolute atomic E-state index is 12.4. The van der Waals surface area contributed by atoms with Gasteiger partial charge >= 0.3 is 0 Å². The van der Waals surface area contributed by atoms with E-state index < -0.39 is 0 Å². The van der Waals surface area contributed by atoms with Gasteiger partial charge in [0.05, 0.1) is 12.5 Å². The Morgan fingerprint density at radius 3 is 2.64 bits per heavy atom. The lowest BCUT2D eigenvalue weighted by atomic mass is 9.64. The van der Waals surface area contributed by atoms with Crippen molar-refractivity contribution in [2.75, 3.05) is 19.7 Å². The van der Waals surface area contributed by atoms with Crippen LogP contribution in [-0.2, 0) is 17.6 Å². The molecule has 136 valence electrons. The van der Waals surface area contributed by atoms with Crippen LogP contribution in [0.4, 0.5) is 0 Å². The van der Waals surface area contributed by atoms with Gasteiger partial charge in [-0.2, -0.15) is 0 Å². The summed E-state index contributed by atoms with van der Waals surface area (Å²) < 4.78 is 0. The minimum absolute atomic E-state index is 0.0146. The number of amides is 1. The quantitative estimate of drug-likeness (QED) is 0.907. The van der Waals surface area contributed by atoms with E-state index in [0.717, 1.165) is 19.5 Å². The van der Waals surface area contributed by atoms with Crippen LogP contribution < -0.4 is 0 Å². The van der Waals surface area contributed by atoms with Gasteiger partial charge in [0, 0.05) is 18.5 Å². The number of hydrogen-bond donors (Lipinski definition) is 1. The van der Waals surface area contributed by atoms with Crippen molar-refractivity contribution < 1.29 is 9.90 Å². The molecule has 1 saturated carbocycles. The summed E-state index contributed by atoms with van der Waals surface area (Å²) in [7, 11) is 0. The molecule has 1 amide bonds. The van der Waals surface area contributed by atoms with Gasteiger partial charge in [-0.15, -0.1) is 0 Å². The fraction of sp³-hybridized carbons (Fsp3) is 0.682. The molecule has 2 aliphatic carbocycles. The number of aliphatic hydroxyl groups is 1. The SMILES string of the molecule is CC[C@H](CO)C(=O)N1CC2(CCC(c3ccc4c(c3)CCC4)CC2)C1. The minimum Gasteiger partial charge on any atom is -0.396 e. The standard InChI is InChI=1S/C22H31NO2/c1-2-16(13-24)21(25)23-14-22(15-23)10-8-18(9-11-22)20-7-6-17-4-3-5-19(17)12-20/h6-7,12,16,18,24H,2-5,8-11,13-15H2,1H3/t16-/m1/s1. The molecule has 0 aromatic heterocycles. The highest BCUT2D eigenvalue weighted by Crippen LogP contribution is 2.48. The lowest BCUT2D eigenvalue weighted by molar-refractivity contribution is -0.151. The summed E-state index contributed by atoms with van der Waals surface area (Å²) in [5, 5.41) is 9.35. The van der Waals surface area contributed by atoms with Crippen LogP contribution >= 0.6 is 0 Å². The average Bonchev–Trinajstić information content (AvgIpc) is 3.08. The van der Waals surface area contributed by atoms with Gasteiger partial charge in [-0.25, -0.2) is 0 Å². The van der Waals surface area contributed by atoms with Crippen molar-refractivity contribution in [3.8, 4) is 0 Å². The summed E-state index contributed by atoms with van der Waals surface area (Å²) in [6.07, 6.45) is 9.60. The Labute approximate surface area is 151 Å². The number of aryl methyl sites for hydroxylation is 2. The third-order valence-corrected chi connectivity index (χ3v) is 7.07. The molecule has 1 N–H and O–H groups in total. The molecule has 1 spiro atoms. The van der Waals surface area contributed by atoms with Crippen molar-refractivity contribution in [1.29, 1.82) is 0 Å². The van der Waals surface area contributed by atoms with Crippen molar-refractivity contribution in [3.05, 3.63) is 34.9 Å². The van der Waals surface area contributed by atoms with Crippen LogP contribution in [0.25, 0.3) is 0 Å². The highest BCUT2D eigenvalue weighted by Gasteiger charge is 2.47. The Kier molecular flexibility index (Phi) is 4.61. The molecule has 0 radical (unpaired) electrons. The molecule has 1 aliphatic heterocycles. The maximum Gasteiger partial charge on any atom is 0.228 e. The Morgan fingerprint density at radius 1 is 1.24 bits per heavy atom.